The van der Waals surface area contributed by atoms with Crippen molar-refractivity contribution in [2.24, 2.45) is 5.41 Å². The highest BCUT2D eigenvalue weighted by Crippen LogP contribution is 2.30. The molecule has 0 saturated carbocycles. The van der Waals surface area contributed by atoms with Gasteiger partial charge in [-0.15, -0.1) is 0 Å². The van der Waals surface area contributed by atoms with Gasteiger partial charge in [-0.3, -0.25) is 14.4 Å². The highest BCUT2D eigenvalue weighted by atomic mass is 16.5. The van der Waals surface area contributed by atoms with Gasteiger partial charge in [0.05, 0.1) is 14.2 Å². The van der Waals surface area contributed by atoms with Crippen LogP contribution in [0.3, 0.4) is 0 Å². The van der Waals surface area contributed by atoms with E-state index in [0.717, 1.165) is 0 Å². The zero-order valence-electron chi connectivity index (χ0n) is 10.9. The summed E-state index contributed by atoms with van der Waals surface area (Å²) >= 11 is 0. The van der Waals surface area contributed by atoms with Crippen molar-refractivity contribution in [1.82, 2.24) is 0 Å². The number of carbonyl (C=O) groups excluding carboxylic acids is 3. The van der Waals surface area contributed by atoms with E-state index < -0.39 is 5.41 Å². The Hall–Kier alpha value is -1.39. The fourth-order valence-corrected chi connectivity index (χ4v) is 1.44. The van der Waals surface area contributed by atoms with Gasteiger partial charge in [-0.25, -0.2) is 0 Å². The molecule has 0 atom stereocenters. The van der Waals surface area contributed by atoms with Gasteiger partial charge in [-0.05, 0) is 19.8 Å². The molecule has 0 saturated heterocycles. The lowest BCUT2D eigenvalue weighted by Crippen LogP contribution is -2.27. The molecule has 5 heteroatoms. The van der Waals surface area contributed by atoms with Gasteiger partial charge in [0.15, 0.2) is 0 Å². The number of ether oxygens (including phenoxy) is 2. The van der Waals surface area contributed by atoms with Crippen LogP contribution >= 0.6 is 0 Å². The Bertz CT molecular complexity index is 275. The highest BCUT2D eigenvalue weighted by molar-refractivity contribution is 5.83. The second-order valence-corrected chi connectivity index (χ2v) is 4.27. The normalized spacial score (nSPS) is 10.8. The van der Waals surface area contributed by atoms with Crippen LogP contribution in [-0.4, -0.2) is 31.9 Å². The number of methoxy groups -OCH3 is 2. The lowest BCUT2D eigenvalue weighted by atomic mass is 9.78. The zero-order valence-corrected chi connectivity index (χ0v) is 10.9. The Morgan fingerprint density at radius 3 is 1.53 bits per heavy atom. The topological polar surface area (TPSA) is 69.7 Å². The molecule has 0 aromatic heterocycles. The summed E-state index contributed by atoms with van der Waals surface area (Å²) in [6.07, 6.45) is 1.11. The maximum atomic E-state index is 11.6. The van der Waals surface area contributed by atoms with Gasteiger partial charge in [0.1, 0.15) is 5.78 Å². The average molecular weight is 244 g/mol. The third kappa shape index (κ3) is 5.47. The van der Waals surface area contributed by atoms with E-state index in [-0.39, 0.29) is 30.6 Å². The summed E-state index contributed by atoms with van der Waals surface area (Å²) in [5, 5.41) is 0. The fourth-order valence-electron chi connectivity index (χ4n) is 1.44. The Morgan fingerprint density at radius 1 is 0.941 bits per heavy atom. The molecule has 0 spiro atoms. The highest BCUT2D eigenvalue weighted by Gasteiger charge is 2.31. The lowest BCUT2D eigenvalue weighted by Gasteiger charge is -2.25. The molecule has 0 N–H and O–H groups in total. The van der Waals surface area contributed by atoms with Gasteiger partial charge in [-0.2, -0.15) is 0 Å². The van der Waals surface area contributed by atoms with E-state index >= 15 is 0 Å². The molecule has 98 valence electrons. The number of carbonyl (C=O) groups is 3. The van der Waals surface area contributed by atoms with Crippen molar-refractivity contribution in [2.45, 2.75) is 39.5 Å². The van der Waals surface area contributed by atoms with Gasteiger partial charge in [0.2, 0.25) is 0 Å². The van der Waals surface area contributed by atoms with Crippen molar-refractivity contribution in [1.29, 1.82) is 0 Å². The second kappa shape index (κ2) is 7.04. The smallest absolute Gasteiger partial charge is 0.305 e. The van der Waals surface area contributed by atoms with Gasteiger partial charge < -0.3 is 9.47 Å². The number of hydrogen-bond donors (Lipinski definition) is 0. The van der Waals surface area contributed by atoms with Crippen LogP contribution in [0, 0.1) is 5.41 Å². The molecule has 0 amide bonds. The van der Waals surface area contributed by atoms with Crippen LogP contribution in [0.4, 0.5) is 0 Å². The first-order chi connectivity index (χ1) is 7.85. The van der Waals surface area contributed by atoms with E-state index in [1.54, 1.807) is 6.92 Å². The van der Waals surface area contributed by atoms with Crippen molar-refractivity contribution < 1.29 is 23.9 Å². The van der Waals surface area contributed by atoms with Crippen molar-refractivity contribution in [2.75, 3.05) is 14.2 Å². The standard InChI is InChI=1S/C12H20O5/c1-9(13)12(2,7-5-10(14)16-3)8-6-11(15)17-4/h5-8H2,1-4H3. The minimum atomic E-state index is -0.678. The van der Waals surface area contributed by atoms with E-state index in [4.69, 9.17) is 0 Å². The molecule has 0 fully saturated rings. The molecule has 0 rings (SSSR count). The maximum absolute atomic E-state index is 11.6. The first-order valence-corrected chi connectivity index (χ1v) is 5.50. The van der Waals surface area contributed by atoms with E-state index in [1.807, 2.05) is 0 Å². The fraction of sp³-hybridized carbons (Fsp3) is 0.750. The van der Waals surface area contributed by atoms with Gasteiger partial charge in [-0.1, -0.05) is 6.92 Å². The summed E-state index contributed by atoms with van der Waals surface area (Å²) in [4.78, 5) is 33.7. The van der Waals surface area contributed by atoms with Crippen LogP contribution in [0.15, 0.2) is 0 Å². The Kier molecular flexibility index (Phi) is 6.46. The third-order valence-electron chi connectivity index (χ3n) is 3.07. The SMILES string of the molecule is COC(=O)CCC(C)(CCC(=O)OC)C(C)=O. The molecular formula is C12H20O5. The second-order valence-electron chi connectivity index (χ2n) is 4.27. The van der Waals surface area contributed by atoms with Crippen LogP contribution in [0.5, 0.6) is 0 Å². The number of rotatable bonds is 7. The summed E-state index contributed by atoms with van der Waals surface area (Å²) in [5.41, 5.74) is -0.678. The van der Waals surface area contributed by atoms with Crippen LogP contribution < -0.4 is 0 Å². The van der Waals surface area contributed by atoms with Crippen LogP contribution in [0.2, 0.25) is 0 Å². The first kappa shape index (κ1) is 15.6. The average Bonchev–Trinajstić information content (AvgIpc) is 2.32. The number of ketones is 1. The van der Waals surface area contributed by atoms with Crippen LogP contribution in [0.1, 0.15) is 39.5 Å². The monoisotopic (exact) mass is 244 g/mol. The molecule has 5 nitrogen and oxygen atoms in total. The van der Waals surface area contributed by atoms with E-state index in [2.05, 4.69) is 9.47 Å². The van der Waals surface area contributed by atoms with Crippen molar-refractivity contribution in [3.05, 3.63) is 0 Å². The molecule has 0 bridgehead atoms. The first-order valence-electron chi connectivity index (χ1n) is 5.50. The minimum absolute atomic E-state index is 0.0368. The van der Waals surface area contributed by atoms with Gasteiger partial charge in [0.25, 0.3) is 0 Å². The molecule has 17 heavy (non-hydrogen) atoms. The van der Waals surface area contributed by atoms with Crippen LogP contribution in [0.25, 0.3) is 0 Å². The number of esters is 2. The molecule has 0 aliphatic rings. The molecule has 0 radical (unpaired) electrons. The van der Waals surface area contributed by atoms with Gasteiger partial charge >= 0.3 is 11.9 Å². The summed E-state index contributed by atoms with van der Waals surface area (Å²) in [6, 6.07) is 0. The molecule has 0 heterocycles. The largest absolute Gasteiger partial charge is 0.469 e. The van der Waals surface area contributed by atoms with E-state index in [9.17, 15) is 14.4 Å². The third-order valence-corrected chi connectivity index (χ3v) is 3.07. The summed E-state index contributed by atoms with van der Waals surface area (Å²) < 4.78 is 9.06. The minimum Gasteiger partial charge on any atom is -0.469 e. The lowest BCUT2D eigenvalue weighted by molar-refractivity contribution is -0.142. The maximum Gasteiger partial charge on any atom is 0.305 e. The molecule has 0 aromatic carbocycles. The van der Waals surface area contributed by atoms with Crippen molar-refractivity contribution in [3.8, 4) is 0 Å². The molecule has 0 unspecified atom stereocenters. The van der Waals surface area contributed by atoms with Crippen molar-refractivity contribution in [3.63, 3.8) is 0 Å². The molecule has 0 aromatic rings. The van der Waals surface area contributed by atoms with Crippen molar-refractivity contribution >= 4 is 17.7 Å². The summed E-state index contributed by atoms with van der Waals surface area (Å²) in [6.45, 7) is 3.22. The Labute approximate surface area is 101 Å². The van der Waals surface area contributed by atoms with E-state index in [0.29, 0.717) is 12.8 Å². The zero-order chi connectivity index (χ0) is 13.5. The number of Topliss-reactive ketones (excluding diaryl/α,β-unsaturated/α-hetero) is 1. The predicted octanol–water partition coefficient (Wildman–Crippen LogP) is 1.49. The quantitative estimate of drug-likeness (QED) is 0.634. The Balaban J connectivity index is 4.41. The van der Waals surface area contributed by atoms with Crippen LogP contribution in [-0.2, 0) is 23.9 Å². The van der Waals surface area contributed by atoms with Gasteiger partial charge in [0, 0.05) is 18.3 Å². The summed E-state index contributed by atoms with van der Waals surface area (Å²) in [7, 11) is 2.61. The molecule has 0 aliphatic heterocycles. The molecular weight excluding hydrogens is 224 g/mol. The molecule has 0 aliphatic carbocycles. The Morgan fingerprint density at radius 2 is 1.29 bits per heavy atom. The predicted molar refractivity (Wildman–Crippen MR) is 61.3 cm³/mol. The summed E-state index contributed by atoms with van der Waals surface area (Å²) in [5.74, 6) is -0.739. The van der Waals surface area contributed by atoms with E-state index in [1.165, 1.54) is 21.1 Å². The number of hydrogen-bond acceptors (Lipinski definition) is 5.